The summed E-state index contributed by atoms with van der Waals surface area (Å²) in [4.78, 5) is 32.1. The van der Waals surface area contributed by atoms with Crippen LogP contribution in [0, 0.1) is 0 Å². The summed E-state index contributed by atoms with van der Waals surface area (Å²) in [5, 5.41) is 19.3. The van der Waals surface area contributed by atoms with Gasteiger partial charge in [-0.2, -0.15) is 0 Å². The summed E-state index contributed by atoms with van der Waals surface area (Å²) >= 11 is 0. The number of aromatic hydroxyl groups is 1. The summed E-state index contributed by atoms with van der Waals surface area (Å²) in [6.07, 6.45) is 2.55. The maximum Gasteiger partial charge on any atom is 0.407 e. The Morgan fingerprint density at radius 2 is 1.74 bits per heavy atom. The Bertz CT molecular complexity index is 1150. The number of amides is 2. The van der Waals surface area contributed by atoms with Crippen LogP contribution in [-0.4, -0.2) is 56.1 Å². The molecule has 1 aromatic carbocycles. The highest BCUT2D eigenvalue weighted by Gasteiger charge is 2.30. The van der Waals surface area contributed by atoms with Crippen LogP contribution < -0.4 is 0 Å². The van der Waals surface area contributed by atoms with E-state index in [0.29, 0.717) is 37.9 Å². The van der Waals surface area contributed by atoms with Crippen molar-refractivity contribution in [2.75, 3.05) is 13.1 Å². The van der Waals surface area contributed by atoms with E-state index in [2.05, 4.69) is 29.2 Å². The van der Waals surface area contributed by atoms with Crippen molar-refractivity contribution in [1.82, 2.24) is 14.8 Å². The predicted molar refractivity (Wildman–Crippen MR) is 130 cm³/mol. The van der Waals surface area contributed by atoms with E-state index in [1.807, 2.05) is 6.92 Å². The molecule has 0 bridgehead atoms. The van der Waals surface area contributed by atoms with Gasteiger partial charge >= 0.3 is 6.09 Å². The van der Waals surface area contributed by atoms with Crippen LogP contribution in [0.2, 0.25) is 0 Å². The van der Waals surface area contributed by atoms with Gasteiger partial charge in [0.05, 0.1) is 11.3 Å². The molecule has 1 saturated heterocycles. The first kappa shape index (κ1) is 23.3. The van der Waals surface area contributed by atoms with Gasteiger partial charge in [0.1, 0.15) is 5.75 Å². The molecule has 2 N–H and O–H groups in total. The number of pyridine rings is 1. The Labute approximate surface area is 199 Å². The van der Waals surface area contributed by atoms with Crippen LogP contribution in [0.3, 0.4) is 0 Å². The van der Waals surface area contributed by atoms with Crippen LogP contribution in [0.25, 0.3) is 11.1 Å². The molecule has 0 unspecified atom stereocenters. The third-order valence-electron chi connectivity index (χ3n) is 6.27. The zero-order valence-electron chi connectivity index (χ0n) is 19.2. The molecule has 0 saturated carbocycles. The summed E-state index contributed by atoms with van der Waals surface area (Å²) in [5.74, 6) is 0.0738. The summed E-state index contributed by atoms with van der Waals surface area (Å²) < 4.78 is 0. The highest BCUT2D eigenvalue weighted by Crippen LogP contribution is 2.32. The predicted octanol–water partition coefficient (Wildman–Crippen LogP) is 4.80. The summed E-state index contributed by atoms with van der Waals surface area (Å²) in [7, 11) is 0. The minimum atomic E-state index is -0.992. The molecule has 0 radical (unpaired) electrons. The third-order valence-corrected chi connectivity index (χ3v) is 6.27. The minimum Gasteiger partial charge on any atom is -0.508 e. The monoisotopic (exact) mass is 459 g/mol. The van der Waals surface area contributed by atoms with Crippen LogP contribution >= 0.6 is 0 Å². The molecule has 5 rings (SSSR count). The molecular weight excluding hydrogens is 430 g/mol. The van der Waals surface area contributed by atoms with Crippen LogP contribution in [0.4, 0.5) is 4.79 Å². The number of piperidine rings is 1. The molecule has 7 nitrogen and oxygen atoms in total. The van der Waals surface area contributed by atoms with Gasteiger partial charge in [0.25, 0.3) is 5.91 Å². The minimum absolute atomic E-state index is 0.0433. The van der Waals surface area contributed by atoms with E-state index >= 15 is 0 Å². The molecule has 2 amide bonds. The van der Waals surface area contributed by atoms with E-state index in [1.165, 1.54) is 16.0 Å². The van der Waals surface area contributed by atoms with Crippen molar-refractivity contribution in [3.05, 3.63) is 83.7 Å². The number of rotatable bonds is 5. The van der Waals surface area contributed by atoms with Gasteiger partial charge in [-0.25, -0.2) is 4.79 Å². The molecule has 176 valence electrons. The fourth-order valence-electron chi connectivity index (χ4n) is 4.35. The van der Waals surface area contributed by atoms with E-state index in [4.69, 9.17) is 0 Å². The van der Waals surface area contributed by atoms with Crippen molar-refractivity contribution in [3.8, 4) is 16.9 Å². The fraction of sp³-hybridized carbons (Fsp3) is 0.296. The maximum atomic E-state index is 12.8. The SMILES string of the molecule is CCc1ncccc1C(=O)N1CCC(N(Cc2cccc(O)c2)C(=O)O)CC1.c1cc2cc-2c1. The quantitative estimate of drug-likeness (QED) is 0.447. The average Bonchev–Trinajstić information content (AvgIpc) is 3.46. The van der Waals surface area contributed by atoms with Crippen molar-refractivity contribution in [3.63, 3.8) is 0 Å². The highest BCUT2D eigenvalue weighted by molar-refractivity contribution is 5.95. The first-order chi connectivity index (χ1) is 16.5. The molecule has 0 atom stereocenters. The van der Waals surface area contributed by atoms with Gasteiger partial charge in [0, 0.05) is 31.9 Å². The lowest BCUT2D eigenvalue weighted by atomic mass is 10.0. The van der Waals surface area contributed by atoms with E-state index < -0.39 is 6.09 Å². The number of nitrogens with zero attached hydrogens (tertiary/aromatic N) is 3. The van der Waals surface area contributed by atoms with Crippen molar-refractivity contribution in [1.29, 1.82) is 0 Å². The van der Waals surface area contributed by atoms with E-state index in [0.717, 1.165) is 11.3 Å². The lowest BCUT2D eigenvalue weighted by Gasteiger charge is -2.37. The van der Waals surface area contributed by atoms with Crippen molar-refractivity contribution in [2.45, 2.75) is 38.8 Å². The smallest absolute Gasteiger partial charge is 0.407 e. The zero-order chi connectivity index (χ0) is 24.1. The Hall–Kier alpha value is -3.87. The Morgan fingerprint density at radius 1 is 1.03 bits per heavy atom. The third kappa shape index (κ3) is 5.54. The van der Waals surface area contributed by atoms with Crippen molar-refractivity contribution < 1.29 is 19.8 Å². The average molecular weight is 460 g/mol. The van der Waals surface area contributed by atoms with Gasteiger partial charge in [0.2, 0.25) is 0 Å². The van der Waals surface area contributed by atoms with Gasteiger partial charge in [-0.3, -0.25) is 9.78 Å². The summed E-state index contributed by atoms with van der Waals surface area (Å²) in [6, 6.07) is 18.5. The van der Waals surface area contributed by atoms with E-state index in [1.54, 1.807) is 47.5 Å². The second kappa shape index (κ2) is 10.4. The number of phenolic OH excluding ortho intramolecular Hbond substituents is 1. The maximum absolute atomic E-state index is 12.8. The number of aromatic nitrogens is 1. The molecule has 7 heteroatoms. The second-order valence-corrected chi connectivity index (χ2v) is 8.54. The number of phenols is 1. The highest BCUT2D eigenvalue weighted by atomic mass is 16.4. The lowest BCUT2D eigenvalue weighted by Crippen LogP contribution is -2.48. The number of likely N-dealkylation sites (tertiary alicyclic amines) is 1. The molecule has 3 aliphatic rings. The first-order valence-corrected chi connectivity index (χ1v) is 11.6. The van der Waals surface area contributed by atoms with Gasteiger partial charge < -0.3 is 20.0 Å². The summed E-state index contributed by atoms with van der Waals surface area (Å²) in [5.41, 5.74) is 5.00. The van der Waals surface area contributed by atoms with Crippen LogP contribution in [0.15, 0.2) is 66.9 Å². The molecule has 1 aromatic heterocycles. The van der Waals surface area contributed by atoms with E-state index in [9.17, 15) is 19.8 Å². The Balaban J connectivity index is 0.000000388. The number of fused-ring (bicyclic) bond motifs is 1. The van der Waals surface area contributed by atoms with Gasteiger partial charge in [-0.05, 0) is 66.3 Å². The van der Waals surface area contributed by atoms with E-state index in [-0.39, 0.29) is 24.2 Å². The normalized spacial score (nSPS) is 14.1. The molecule has 2 aromatic rings. The number of carbonyl (C=O) groups excluding carboxylic acids is 1. The van der Waals surface area contributed by atoms with Crippen LogP contribution in [-0.2, 0) is 13.0 Å². The number of aryl methyl sites for hydroxylation is 1. The number of carbonyl (C=O) groups is 2. The first-order valence-electron chi connectivity index (χ1n) is 11.6. The summed E-state index contributed by atoms with van der Waals surface area (Å²) in [6.45, 7) is 3.19. The van der Waals surface area contributed by atoms with Gasteiger partial charge in [0.15, 0.2) is 0 Å². The number of benzene rings is 2. The van der Waals surface area contributed by atoms with Gasteiger partial charge in [-0.1, -0.05) is 37.3 Å². The fourth-order valence-corrected chi connectivity index (χ4v) is 4.35. The number of hydrogen-bond donors (Lipinski definition) is 2. The molecular formula is C27H29N3O4. The largest absolute Gasteiger partial charge is 0.508 e. The number of hydrogen-bond acceptors (Lipinski definition) is 4. The second-order valence-electron chi connectivity index (χ2n) is 8.54. The molecule has 0 spiro atoms. The molecule has 2 aliphatic carbocycles. The Kier molecular flexibility index (Phi) is 7.11. The molecule has 1 aliphatic heterocycles. The van der Waals surface area contributed by atoms with Crippen molar-refractivity contribution in [2.24, 2.45) is 0 Å². The van der Waals surface area contributed by atoms with Crippen LogP contribution in [0.5, 0.6) is 5.75 Å². The van der Waals surface area contributed by atoms with Gasteiger partial charge in [-0.15, -0.1) is 0 Å². The zero-order valence-corrected chi connectivity index (χ0v) is 19.2. The Morgan fingerprint density at radius 3 is 2.29 bits per heavy atom. The molecule has 1 fully saturated rings. The van der Waals surface area contributed by atoms with Crippen LogP contribution in [0.1, 0.15) is 41.4 Å². The topological polar surface area (TPSA) is 94.0 Å². The number of carboxylic acid groups (broad SMARTS) is 1. The van der Waals surface area contributed by atoms with Crippen molar-refractivity contribution >= 4 is 12.0 Å². The lowest BCUT2D eigenvalue weighted by molar-refractivity contribution is 0.0602. The standard InChI is InChI=1S/C21H25N3O4.C6H4/c1-2-19-18(7-4-10-22-19)20(26)23-11-8-16(9-12-23)24(21(27)28)14-15-5-3-6-17(25)13-15;1-2-5-4-6(5)3-1/h3-7,10,13,16,25H,2,8-9,11-12,14H2,1H3,(H,27,28);1-4H. The molecule has 2 heterocycles. The molecule has 34 heavy (non-hydrogen) atoms.